The van der Waals surface area contributed by atoms with Crippen LogP contribution in [0.25, 0.3) is 5.69 Å². The third kappa shape index (κ3) is 5.67. The highest BCUT2D eigenvalue weighted by atomic mass is 16.6. The van der Waals surface area contributed by atoms with Gasteiger partial charge in [0.1, 0.15) is 12.4 Å². The molecule has 9 nitrogen and oxygen atoms in total. The second-order valence-electron chi connectivity index (χ2n) is 9.29. The lowest BCUT2D eigenvalue weighted by Gasteiger charge is -2.26. The van der Waals surface area contributed by atoms with E-state index >= 15 is 0 Å². The van der Waals surface area contributed by atoms with Crippen molar-refractivity contribution in [2.45, 2.75) is 46.1 Å². The largest absolute Gasteiger partial charge is 0.327 e. The number of non-ortho nitro benzene ring substituents is 1. The highest BCUT2D eigenvalue weighted by Gasteiger charge is 2.25. The SMILES string of the molecule is CC(C)N(CC(=O)Nc1cc(C(C)(C)C)nn1-c1ccccc1)C(=O)c1ccc([N+](=O)[O-])cc1. The molecule has 0 fully saturated rings. The fourth-order valence-corrected chi connectivity index (χ4v) is 3.32. The van der Waals surface area contributed by atoms with E-state index in [1.54, 1.807) is 4.68 Å². The molecule has 34 heavy (non-hydrogen) atoms. The number of hydrogen-bond donors (Lipinski definition) is 1. The van der Waals surface area contributed by atoms with Crippen molar-refractivity contribution < 1.29 is 14.5 Å². The third-order valence-corrected chi connectivity index (χ3v) is 5.27. The Kier molecular flexibility index (Phi) is 7.14. The molecule has 0 aliphatic heterocycles. The molecule has 0 atom stereocenters. The van der Waals surface area contributed by atoms with E-state index in [1.807, 2.05) is 71.0 Å². The molecule has 3 aromatic rings. The summed E-state index contributed by atoms with van der Waals surface area (Å²) < 4.78 is 1.68. The summed E-state index contributed by atoms with van der Waals surface area (Å²) in [6, 6.07) is 16.4. The molecule has 9 heteroatoms. The summed E-state index contributed by atoms with van der Waals surface area (Å²) in [6.07, 6.45) is 0. The number of anilines is 1. The Bertz CT molecular complexity index is 1180. The number of carbonyl (C=O) groups excluding carboxylic acids is 2. The zero-order chi connectivity index (χ0) is 25.0. The number of para-hydroxylation sites is 1. The summed E-state index contributed by atoms with van der Waals surface area (Å²) >= 11 is 0. The van der Waals surface area contributed by atoms with E-state index in [0.29, 0.717) is 5.82 Å². The number of rotatable bonds is 7. The Labute approximate surface area is 198 Å². The Hall–Kier alpha value is -4.01. The standard InChI is InChI=1S/C25H29N5O4/c1-17(2)28(24(32)18-11-13-20(14-12-18)30(33)34)16-23(31)26-22-15-21(25(3,4)5)27-29(22)19-9-7-6-8-10-19/h6-15,17H,16H2,1-5H3,(H,26,31). The van der Waals surface area contributed by atoms with Gasteiger partial charge < -0.3 is 10.2 Å². The van der Waals surface area contributed by atoms with Crippen molar-refractivity contribution in [3.05, 3.63) is 82.0 Å². The molecule has 2 amide bonds. The molecule has 1 N–H and O–H groups in total. The zero-order valence-corrected chi connectivity index (χ0v) is 20.0. The van der Waals surface area contributed by atoms with Gasteiger partial charge in [-0.3, -0.25) is 19.7 Å². The van der Waals surface area contributed by atoms with Gasteiger partial charge in [-0.05, 0) is 38.1 Å². The second-order valence-corrected chi connectivity index (χ2v) is 9.29. The van der Waals surface area contributed by atoms with Gasteiger partial charge >= 0.3 is 0 Å². The van der Waals surface area contributed by atoms with E-state index in [4.69, 9.17) is 5.10 Å². The van der Waals surface area contributed by atoms with Crippen LogP contribution in [0, 0.1) is 10.1 Å². The molecule has 0 aliphatic carbocycles. The zero-order valence-electron chi connectivity index (χ0n) is 20.0. The van der Waals surface area contributed by atoms with Gasteiger partial charge in [0.05, 0.1) is 16.3 Å². The van der Waals surface area contributed by atoms with Crippen LogP contribution in [0.5, 0.6) is 0 Å². The Morgan fingerprint density at radius 3 is 2.24 bits per heavy atom. The van der Waals surface area contributed by atoms with E-state index < -0.39 is 4.92 Å². The highest BCUT2D eigenvalue weighted by Crippen LogP contribution is 2.26. The van der Waals surface area contributed by atoms with E-state index in [9.17, 15) is 19.7 Å². The van der Waals surface area contributed by atoms with Gasteiger partial charge in [-0.25, -0.2) is 4.68 Å². The first-order chi connectivity index (χ1) is 16.0. The van der Waals surface area contributed by atoms with Gasteiger partial charge in [-0.15, -0.1) is 0 Å². The minimum absolute atomic E-state index is 0.103. The van der Waals surface area contributed by atoms with Gasteiger partial charge in [0.2, 0.25) is 5.91 Å². The van der Waals surface area contributed by atoms with Crippen molar-refractivity contribution in [3.63, 3.8) is 0 Å². The average molecular weight is 464 g/mol. The van der Waals surface area contributed by atoms with Gasteiger partial charge in [-0.1, -0.05) is 39.0 Å². The Balaban J connectivity index is 1.83. The van der Waals surface area contributed by atoms with Crippen molar-refractivity contribution in [1.82, 2.24) is 14.7 Å². The maximum atomic E-state index is 13.0. The fourth-order valence-electron chi connectivity index (χ4n) is 3.32. The summed E-state index contributed by atoms with van der Waals surface area (Å²) in [7, 11) is 0. The lowest BCUT2D eigenvalue weighted by Crippen LogP contribution is -2.42. The van der Waals surface area contributed by atoms with Crippen LogP contribution in [-0.4, -0.2) is 44.0 Å². The topological polar surface area (TPSA) is 110 Å². The predicted molar refractivity (Wildman–Crippen MR) is 130 cm³/mol. The molecular formula is C25H29N5O4. The molecule has 0 radical (unpaired) electrons. The summed E-state index contributed by atoms with van der Waals surface area (Å²) in [6.45, 7) is 9.56. The maximum Gasteiger partial charge on any atom is 0.269 e. The quantitative estimate of drug-likeness (QED) is 0.408. The van der Waals surface area contributed by atoms with E-state index in [0.717, 1.165) is 11.4 Å². The molecular weight excluding hydrogens is 434 g/mol. The summed E-state index contributed by atoms with van der Waals surface area (Å²) in [5.74, 6) is -0.249. The van der Waals surface area contributed by atoms with Crippen LogP contribution in [0.2, 0.25) is 0 Å². The number of hydrogen-bond acceptors (Lipinski definition) is 5. The Morgan fingerprint density at radius 2 is 1.71 bits per heavy atom. The minimum atomic E-state index is -0.524. The molecule has 0 saturated heterocycles. The smallest absolute Gasteiger partial charge is 0.269 e. The predicted octanol–water partition coefficient (Wildman–Crippen LogP) is 4.57. The van der Waals surface area contributed by atoms with Crippen molar-refractivity contribution >= 4 is 23.3 Å². The highest BCUT2D eigenvalue weighted by molar-refractivity contribution is 5.99. The lowest BCUT2D eigenvalue weighted by atomic mass is 9.92. The molecule has 178 valence electrons. The number of carbonyl (C=O) groups is 2. The monoisotopic (exact) mass is 463 g/mol. The van der Waals surface area contributed by atoms with Gasteiger partial charge in [0.15, 0.2) is 0 Å². The van der Waals surface area contributed by atoms with Crippen LogP contribution in [0.15, 0.2) is 60.7 Å². The van der Waals surface area contributed by atoms with Crippen molar-refractivity contribution in [3.8, 4) is 5.69 Å². The van der Waals surface area contributed by atoms with Gasteiger partial charge in [-0.2, -0.15) is 5.10 Å². The van der Waals surface area contributed by atoms with Gasteiger partial charge in [0.25, 0.3) is 11.6 Å². The molecule has 1 heterocycles. The molecule has 0 spiro atoms. The normalized spacial score (nSPS) is 11.4. The van der Waals surface area contributed by atoms with Crippen molar-refractivity contribution in [2.24, 2.45) is 0 Å². The summed E-state index contributed by atoms with van der Waals surface area (Å²) in [5, 5.41) is 18.5. The van der Waals surface area contributed by atoms with Crippen LogP contribution in [0.3, 0.4) is 0 Å². The van der Waals surface area contributed by atoms with Crippen LogP contribution in [-0.2, 0) is 10.2 Å². The first-order valence-electron chi connectivity index (χ1n) is 11.0. The minimum Gasteiger partial charge on any atom is -0.327 e. The van der Waals surface area contributed by atoms with Crippen LogP contribution in [0.4, 0.5) is 11.5 Å². The molecule has 0 unspecified atom stereocenters. The van der Waals surface area contributed by atoms with Crippen LogP contribution in [0.1, 0.15) is 50.7 Å². The van der Waals surface area contributed by atoms with E-state index in [2.05, 4.69) is 5.32 Å². The average Bonchev–Trinajstić information content (AvgIpc) is 3.21. The number of amides is 2. The number of nitrogens with zero attached hydrogens (tertiary/aromatic N) is 4. The van der Waals surface area contributed by atoms with E-state index in [1.165, 1.54) is 29.2 Å². The third-order valence-electron chi connectivity index (χ3n) is 5.27. The number of nitro benzene ring substituents is 1. The molecule has 0 bridgehead atoms. The second kappa shape index (κ2) is 9.86. The number of nitro groups is 1. The maximum absolute atomic E-state index is 13.0. The number of nitrogens with one attached hydrogen (secondary N) is 1. The van der Waals surface area contributed by atoms with Crippen molar-refractivity contribution in [2.75, 3.05) is 11.9 Å². The fraction of sp³-hybridized carbons (Fsp3) is 0.320. The lowest BCUT2D eigenvalue weighted by molar-refractivity contribution is -0.384. The van der Waals surface area contributed by atoms with Crippen LogP contribution >= 0.6 is 0 Å². The summed E-state index contributed by atoms with van der Waals surface area (Å²) in [4.78, 5) is 37.8. The Morgan fingerprint density at radius 1 is 1.09 bits per heavy atom. The molecule has 0 saturated carbocycles. The molecule has 1 aromatic heterocycles. The first kappa shape index (κ1) is 24.6. The van der Waals surface area contributed by atoms with Crippen LogP contribution < -0.4 is 5.32 Å². The molecule has 0 aliphatic rings. The summed E-state index contributed by atoms with van der Waals surface area (Å²) in [5.41, 5.74) is 1.56. The van der Waals surface area contributed by atoms with Crippen molar-refractivity contribution in [1.29, 1.82) is 0 Å². The van der Waals surface area contributed by atoms with Gasteiger partial charge in [0, 0.05) is 35.2 Å². The molecule has 3 rings (SSSR count). The number of aromatic nitrogens is 2. The van der Waals surface area contributed by atoms with E-state index in [-0.39, 0.29) is 41.1 Å². The molecule has 2 aromatic carbocycles. The first-order valence-corrected chi connectivity index (χ1v) is 11.0. The number of benzene rings is 2.